The van der Waals surface area contributed by atoms with Gasteiger partial charge in [0.1, 0.15) is 6.61 Å². The zero-order valence-corrected chi connectivity index (χ0v) is 34.8. The third kappa shape index (κ3) is 41.8. The summed E-state index contributed by atoms with van der Waals surface area (Å²) in [5, 5.41) is 0. The fourth-order valence-corrected chi connectivity index (χ4v) is 5.84. The normalized spacial score (nSPS) is 12.4. The van der Waals surface area contributed by atoms with Crippen LogP contribution >= 0.6 is 7.82 Å². The molecule has 0 rings (SSSR count). The third-order valence-electron chi connectivity index (χ3n) is 8.44. The van der Waals surface area contributed by atoms with Gasteiger partial charge in [-0.25, -0.2) is 4.57 Å². The van der Waals surface area contributed by atoms with E-state index in [1.165, 1.54) is 89.9 Å². The molecule has 49 heavy (non-hydrogen) atoms. The number of rotatable bonds is 36. The maximum absolute atomic E-state index is 12.4. The van der Waals surface area contributed by atoms with Crippen molar-refractivity contribution in [1.29, 1.82) is 0 Å². The van der Waals surface area contributed by atoms with E-state index >= 15 is 0 Å². The van der Waals surface area contributed by atoms with Crippen molar-refractivity contribution in [2.75, 3.05) is 13.2 Å². The third-order valence-corrected chi connectivity index (χ3v) is 8.93. The van der Waals surface area contributed by atoms with Gasteiger partial charge in [-0.1, -0.05) is 141 Å². The number of carbonyl (C=O) groups is 2. The molecule has 0 aliphatic rings. The van der Waals surface area contributed by atoms with E-state index < -0.39 is 32.5 Å². The maximum atomic E-state index is 12.4. The van der Waals surface area contributed by atoms with Crippen LogP contribution in [-0.4, -0.2) is 41.0 Å². The minimum absolute atomic E-state index is 0. The zero-order valence-electron chi connectivity index (χ0n) is 31.9. The summed E-state index contributed by atoms with van der Waals surface area (Å²) in [7, 11) is -4.75. The summed E-state index contributed by atoms with van der Waals surface area (Å²) in [6, 6.07) is 0. The van der Waals surface area contributed by atoms with Gasteiger partial charge in [0, 0.05) is 12.8 Å². The van der Waals surface area contributed by atoms with Crippen LogP contribution in [0.5, 0.6) is 0 Å². The quantitative estimate of drug-likeness (QED) is 0.0217. The summed E-state index contributed by atoms with van der Waals surface area (Å²) in [5.74, 6) is -0.901. The topological polar surface area (TPSA) is 119 Å². The van der Waals surface area contributed by atoms with Crippen LogP contribution in [0.4, 0.5) is 0 Å². The maximum Gasteiger partial charge on any atom is 1.00 e. The van der Waals surface area contributed by atoms with E-state index in [0.29, 0.717) is 12.8 Å². The molecule has 0 aromatic heterocycles. The van der Waals surface area contributed by atoms with Gasteiger partial charge >= 0.3 is 49.3 Å². The SMILES string of the molecule is CCCCCCCCC=CCCCCCCCC(=O)OCC(COP(=O)(O)O)OC(=O)CCCCCCCC=CCCCCCCCC.[Na+]. The number of unbranched alkanes of at least 4 members (excludes halogenated alkanes) is 22. The van der Waals surface area contributed by atoms with E-state index in [1.54, 1.807) is 0 Å². The first-order valence-corrected chi connectivity index (χ1v) is 21.2. The minimum Gasteiger partial charge on any atom is -0.462 e. The molecule has 0 radical (unpaired) electrons. The van der Waals surface area contributed by atoms with Gasteiger partial charge in [-0.2, -0.15) is 0 Å². The molecule has 1 unspecified atom stereocenters. The standard InChI is InChI=1S/C39H73O8P.Na/c1-3-5-7-9-11-13-15-17-19-21-23-25-27-29-31-33-38(40)45-35-37(36-46-48(42,43)44)47-39(41)34-32-30-28-26-24-22-20-18-16-14-12-10-8-6-4-2;/h17-20,37H,3-16,21-36H2,1-2H3,(H2,42,43,44);/q;+1. The summed E-state index contributed by atoms with van der Waals surface area (Å²) in [6.45, 7) is 3.66. The average molecular weight is 724 g/mol. The van der Waals surface area contributed by atoms with Crippen LogP contribution in [0.3, 0.4) is 0 Å². The number of carbonyl (C=O) groups excluding carboxylic acids is 2. The van der Waals surface area contributed by atoms with Crippen molar-refractivity contribution in [3.05, 3.63) is 24.3 Å². The molecule has 0 bridgehead atoms. The van der Waals surface area contributed by atoms with Crippen LogP contribution in [-0.2, 0) is 28.2 Å². The molecule has 0 amide bonds. The Balaban J connectivity index is 0. The van der Waals surface area contributed by atoms with Crippen molar-refractivity contribution in [2.24, 2.45) is 0 Å². The molecule has 0 saturated heterocycles. The minimum atomic E-state index is -4.75. The predicted molar refractivity (Wildman–Crippen MR) is 198 cm³/mol. The first-order chi connectivity index (χ1) is 23.3. The zero-order chi connectivity index (χ0) is 35.4. The fraction of sp³-hybridized carbons (Fsp3) is 0.846. The van der Waals surface area contributed by atoms with E-state index in [0.717, 1.165) is 64.2 Å². The molecule has 0 spiro atoms. The smallest absolute Gasteiger partial charge is 0.462 e. The van der Waals surface area contributed by atoms with Crippen LogP contribution in [0.15, 0.2) is 24.3 Å². The first-order valence-electron chi connectivity index (χ1n) is 19.6. The van der Waals surface area contributed by atoms with Crippen molar-refractivity contribution < 1.29 is 67.5 Å². The number of esters is 2. The number of ether oxygens (including phenoxy) is 2. The van der Waals surface area contributed by atoms with Crippen molar-refractivity contribution in [3.63, 3.8) is 0 Å². The number of hydrogen-bond donors (Lipinski definition) is 2. The van der Waals surface area contributed by atoms with Crippen LogP contribution in [0, 0.1) is 0 Å². The molecule has 1 atom stereocenters. The van der Waals surface area contributed by atoms with Crippen LogP contribution in [0.1, 0.15) is 194 Å². The van der Waals surface area contributed by atoms with Gasteiger partial charge in [-0.15, -0.1) is 0 Å². The number of phosphoric acid groups is 1. The van der Waals surface area contributed by atoms with Crippen LogP contribution in [0.25, 0.3) is 0 Å². The molecule has 2 N–H and O–H groups in total. The van der Waals surface area contributed by atoms with Crippen molar-refractivity contribution in [3.8, 4) is 0 Å². The second-order valence-electron chi connectivity index (χ2n) is 13.2. The monoisotopic (exact) mass is 723 g/mol. The van der Waals surface area contributed by atoms with E-state index in [2.05, 4.69) is 42.7 Å². The molecular weight excluding hydrogens is 650 g/mol. The molecule has 8 nitrogen and oxygen atoms in total. The summed E-state index contributed by atoms with van der Waals surface area (Å²) in [6.07, 6.45) is 38.9. The fourth-order valence-electron chi connectivity index (χ4n) is 5.48. The summed E-state index contributed by atoms with van der Waals surface area (Å²) >= 11 is 0. The molecule has 0 heterocycles. The van der Waals surface area contributed by atoms with E-state index in [9.17, 15) is 14.2 Å². The van der Waals surface area contributed by atoms with Gasteiger partial charge in [-0.05, 0) is 64.2 Å². The van der Waals surface area contributed by atoms with E-state index in [1.807, 2.05) is 0 Å². The van der Waals surface area contributed by atoms with E-state index in [4.69, 9.17) is 19.3 Å². The molecule has 0 aliphatic heterocycles. The Morgan fingerprint density at radius 2 is 0.878 bits per heavy atom. The number of hydrogen-bond acceptors (Lipinski definition) is 6. The Morgan fingerprint density at radius 3 is 1.27 bits per heavy atom. The van der Waals surface area contributed by atoms with Gasteiger partial charge in [0.05, 0.1) is 6.61 Å². The molecular formula is C39H73NaO8P+. The summed E-state index contributed by atoms with van der Waals surface area (Å²) in [4.78, 5) is 42.7. The van der Waals surface area contributed by atoms with Gasteiger partial charge in [0.25, 0.3) is 0 Å². The number of phosphoric ester groups is 1. The molecule has 10 heteroatoms. The first kappa shape index (κ1) is 50.6. The second-order valence-corrected chi connectivity index (χ2v) is 14.5. The predicted octanol–water partition coefficient (Wildman–Crippen LogP) is 8.63. The van der Waals surface area contributed by atoms with Gasteiger partial charge < -0.3 is 19.3 Å². The van der Waals surface area contributed by atoms with Gasteiger partial charge in [0.2, 0.25) is 0 Å². The molecule has 0 aromatic carbocycles. The van der Waals surface area contributed by atoms with Crippen LogP contribution in [0.2, 0.25) is 0 Å². The van der Waals surface area contributed by atoms with Crippen molar-refractivity contribution in [2.45, 2.75) is 200 Å². The number of allylic oxidation sites excluding steroid dienone is 4. The molecule has 0 saturated carbocycles. The summed E-state index contributed by atoms with van der Waals surface area (Å²) in [5.41, 5.74) is 0. The Bertz CT molecular complexity index is 845. The van der Waals surface area contributed by atoms with Gasteiger partial charge in [-0.3, -0.25) is 14.1 Å². The Kier molecular flexibility index (Phi) is 40.0. The Labute approximate surface area is 322 Å². The molecule has 0 fully saturated rings. The van der Waals surface area contributed by atoms with Crippen molar-refractivity contribution >= 4 is 19.8 Å². The second kappa shape index (κ2) is 38.8. The van der Waals surface area contributed by atoms with Crippen molar-refractivity contribution in [1.82, 2.24) is 0 Å². The Morgan fingerprint density at radius 1 is 0.531 bits per heavy atom. The van der Waals surface area contributed by atoms with Crippen LogP contribution < -0.4 is 29.6 Å². The molecule has 0 aliphatic carbocycles. The van der Waals surface area contributed by atoms with Gasteiger partial charge in [0.15, 0.2) is 6.10 Å². The largest absolute Gasteiger partial charge is 1.00 e. The summed E-state index contributed by atoms with van der Waals surface area (Å²) < 4.78 is 26.3. The molecule has 282 valence electrons. The Hall–Kier alpha value is -0.470. The average Bonchev–Trinajstić information content (AvgIpc) is 3.05. The molecule has 0 aromatic rings. The van der Waals surface area contributed by atoms with E-state index in [-0.39, 0.29) is 49.0 Å².